The van der Waals surface area contributed by atoms with Crippen LogP contribution in [0.5, 0.6) is 0 Å². The number of carboxylic acids is 1. The van der Waals surface area contributed by atoms with E-state index in [4.69, 9.17) is 5.11 Å². The van der Waals surface area contributed by atoms with Crippen molar-refractivity contribution in [3.8, 4) is 0 Å². The first-order valence-corrected chi connectivity index (χ1v) is 5.77. The van der Waals surface area contributed by atoms with E-state index in [0.717, 1.165) is 6.42 Å². The predicted molar refractivity (Wildman–Crippen MR) is 68.5 cm³/mol. The Bertz CT molecular complexity index is 450. The third kappa shape index (κ3) is 4.53. The van der Waals surface area contributed by atoms with E-state index in [1.807, 2.05) is 20.8 Å². The van der Waals surface area contributed by atoms with Crippen molar-refractivity contribution in [2.24, 2.45) is 5.41 Å². The van der Waals surface area contributed by atoms with Crippen LogP contribution in [0.15, 0.2) is 18.5 Å². The van der Waals surface area contributed by atoms with Crippen LogP contribution >= 0.6 is 0 Å². The molecule has 1 aromatic rings. The van der Waals surface area contributed by atoms with Crippen molar-refractivity contribution in [2.45, 2.75) is 33.6 Å². The molecule has 0 aromatic carbocycles. The van der Waals surface area contributed by atoms with Crippen LogP contribution < -0.4 is 5.32 Å². The molecule has 0 radical (unpaired) electrons. The third-order valence-corrected chi connectivity index (χ3v) is 2.43. The number of hydrogen-bond donors (Lipinski definition) is 2. The number of rotatable bonds is 4. The minimum absolute atomic E-state index is 0.0501. The number of nitrogens with zero attached hydrogens (tertiary/aromatic N) is 1. The van der Waals surface area contributed by atoms with Crippen LogP contribution in [0.4, 0.5) is 5.69 Å². The van der Waals surface area contributed by atoms with Gasteiger partial charge in [-0.25, -0.2) is 4.79 Å². The Morgan fingerprint density at radius 3 is 2.61 bits per heavy atom. The van der Waals surface area contributed by atoms with E-state index in [1.54, 1.807) is 0 Å². The molecule has 0 saturated carbocycles. The number of hydrogen-bond acceptors (Lipinski definition) is 3. The van der Waals surface area contributed by atoms with Crippen molar-refractivity contribution < 1.29 is 14.7 Å². The smallest absolute Gasteiger partial charge is 0.337 e. The summed E-state index contributed by atoms with van der Waals surface area (Å²) in [5.41, 5.74) is 0.361. The zero-order valence-electron chi connectivity index (χ0n) is 10.9. The molecule has 1 rings (SSSR count). The Morgan fingerprint density at radius 1 is 1.39 bits per heavy atom. The summed E-state index contributed by atoms with van der Waals surface area (Å²) in [4.78, 5) is 26.5. The average Bonchev–Trinajstić information content (AvgIpc) is 2.26. The molecule has 18 heavy (non-hydrogen) atoms. The molecule has 0 atom stereocenters. The summed E-state index contributed by atoms with van der Waals surface area (Å²) in [6.45, 7) is 6.15. The lowest BCUT2D eigenvalue weighted by molar-refractivity contribution is -0.116. The van der Waals surface area contributed by atoms with Crippen LogP contribution in [0.25, 0.3) is 0 Å². The molecule has 5 heteroatoms. The van der Waals surface area contributed by atoms with E-state index in [-0.39, 0.29) is 22.6 Å². The lowest BCUT2D eigenvalue weighted by atomic mass is 9.90. The number of carbonyl (C=O) groups excluding carboxylic acids is 1. The van der Waals surface area contributed by atoms with E-state index >= 15 is 0 Å². The summed E-state index contributed by atoms with van der Waals surface area (Å²) in [7, 11) is 0. The van der Waals surface area contributed by atoms with Crippen molar-refractivity contribution in [1.29, 1.82) is 0 Å². The number of aromatic nitrogens is 1. The highest BCUT2D eigenvalue weighted by molar-refractivity contribution is 6.00. The molecule has 0 fully saturated rings. The highest BCUT2D eigenvalue weighted by atomic mass is 16.4. The van der Waals surface area contributed by atoms with Gasteiger partial charge >= 0.3 is 5.97 Å². The first-order valence-electron chi connectivity index (χ1n) is 5.77. The number of nitrogens with one attached hydrogen (secondary N) is 1. The Balaban J connectivity index is 2.68. The van der Waals surface area contributed by atoms with Gasteiger partial charge in [0.15, 0.2) is 0 Å². The average molecular weight is 250 g/mol. The normalized spacial score (nSPS) is 11.1. The summed E-state index contributed by atoms with van der Waals surface area (Å²) < 4.78 is 0. The van der Waals surface area contributed by atoms with Gasteiger partial charge in [-0.3, -0.25) is 9.78 Å². The standard InChI is InChI=1S/C13H18N2O3/c1-13(2,3)6-4-11(16)15-10-8-14-7-5-9(10)12(17)18/h5,7-8H,4,6H2,1-3H3,(H,15,16)(H,17,18). The fraction of sp³-hybridized carbons (Fsp3) is 0.462. The Hall–Kier alpha value is -1.91. The van der Waals surface area contributed by atoms with Crippen molar-refractivity contribution in [2.75, 3.05) is 5.32 Å². The zero-order valence-corrected chi connectivity index (χ0v) is 10.9. The van der Waals surface area contributed by atoms with Crippen LogP contribution in [0.2, 0.25) is 0 Å². The molecule has 98 valence electrons. The topological polar surface area (TPSA) is 79.3 Å². The quantitative estimate of drug-likeness (QED) is 0.860. The molecule has 0 bridgehead atoms. The van der Waals surface area contributed by atoms with Gasteiger partial charge in [-0.2, -0.15) is 0 Å². The van der Waals surface area contributed by atoms with Crippen molar-refractivity contribution >= 4 is 17.6 Å². The zero-order chi connectivity index (χ0) is 13.8. The van der Waals surface area contributed by atoms with Gasteiger partial charge in [0, 0.05) is 12.6 Å². The molecule has 1 amide bonds. The minimum atomic E-state index is -1.08. The number of aromatic carboxylic acids is 1. The van der Waals surface area contributed by atoms with E-state index in [2.05, 4.69) is 10.3 Å². The fourth-order valence-electron chi connectivity index (χ4n) is 1.38. The first kappa shape index (κ1) is 14.2. The van der Waals surface area contributed by atoms with Crippen LogP contribution in [0.1, 0.15) is 44.0 Å². The number of carboxylic acid groups (broad SMARTS) is 1. The van der Waals surface area contributed by atoms with E-state index in [1.165, 1.54) is 18.5 Å². The molecule has 5 nitrogen and oxygen atoms in total. The molecular formula is C13H18N2O3. The second-order valence-corrected chi connectivity index (χ2v) is 5.34. The van der Waals surface area contributed by atoms with Gasteiger partial charge in [0.2, 0.25) is 5.91 Å². The maximum atomic E-state index is 11.7. The number of amides is 1. The second-order valence-electron chi connectivity index (χ2n) is 5.34. The van der Waals surface area contributed by atoms with Gasteiger partial charge < -0.3 is 10.4 Å². The van der Waals surface area contributed by atoms with Gasteiger partial charge in [-0.15, -0.1) is 0 Å². The molecule has 0 aliphatic carbocycles. The maximum absolute atomic E-state index is 11.7. The molecule has 1 aromatic heterocycles. The largest absolute Gasteiger partial charge is 0.478 e. The summed E-state index contributed by atoms with van der Waals surface area (Å²) >= 11 is 0. The maximum Gasteiger partial charge on any atom is 0.337 e. The van der Waals surface area contributed by atoms with Crippen LogP contribution in [-0.2, 0) is 4.79 Å². The van der Waals surface area contributed by atoms with E-state index in [9.17, 15) is 9.59 Å². The Labute approximate surface area is 106 Å². The number of carbonyl (C=O) groups is 2. The number of anilines is 1. The highest BCUT2D eigenvalue weighted by Crippen LogP contribution is 2.21. The minimum Gasteiger partial charge on any atom is -0.478 e. The molecule has 0 saturated heterocycles. The van der Waals surface area contributed by atoms with Crippen LogP contribution in [0, 0.1) is 5.41 Å². The molecule has 2 N–H and O–H groups in total. The summed E-state index contributed by atoms with van der Waals surface area (Å²) in [5.74, 6) is -1.27. The third-order valence-electron chi connectivity index (χ3n) is 2.43. The lowest BCUT2D eigenvalue weighted by Crippen LogP contribution is -2.17. The van der Waals surface area contributed by atoms with Crippen molar-refractivity contribution in [3.05, 3.63) is 24.0 Å². The fourth-order valence-corrected chi connectivity index (χ4v) is 1.38. The SMILES string of the molecule is CC(C)(C)CCC(=O)Nc1cnccc1C(=O)O. The van der Waals surface area contributed by atoms with Gasteiger partial charge in [0.1, 0.15) is 0 Å². The van der Waals surface area contributed by atoms with Crippen LogP contribution in [-0.4, -0.2) is 22.0 Å². The molecular weight excluding hydrogens is 232 g/mol. The van der Waals surface area contributed by atoms with Gasteiger partial charge in [0.25, 0.3) is 0 Å². The summed E-state index contributed by atoms with van der Waals surface area (Å²) in [6, 6.07) is 1.36. The summed E-state index contributed by atoms with van der Waals surface area (Å²) in [5, 5.41) is 11.5. The Kier molecular flexibility index (Phi) is 4.42. The van der Waals surface area contributed by atoms with Crippen molar-refractivity contribution in [1.82, 2.24) is 4.98 Å². The van der Waals surface area contributed by atoms with Gasteiger partial charge in [-0.1, -0.05) is 20.8 Å². The van der Waals surface area contributed by atoms with Gasteiger partial charge in [-0.05, 0) is 17.9 Å². The monoisotopic (exact) mass is 250 g/mol. The van der Waals surface area contributed by atoms with Crippen LogP contribution in [0.3, 0.4) is 0 Å². The van der Waals surface area contributed by atoms with E-state index in [0.29, 0.717) is 6.42 Å². The first-order chi connectivity index (χ1) is 8.29. The molecule has 1 heterocycles. The molecule has 0 spiro atoms. The highest BCUT2D eigenvalue weighted by Gasteiger charge is 2.15. The Morgan fingerprint density at radius 2 is 2.06 bits per heavy atom. The molecule has 0 unspecified atom stereocenters. The summed E-state index contributed by atoms with van der Waals surface area (Å²) in [6.07, 6.45) is 3.83. The molecule has 0 aliphatic heterocycles. The number of pyridine rings is 1. The van der Waals surface area contributed by atoms with E-state index < -0.39 is 5.97 Å². The second kappa shape index (κ2) is 5.62. The van der Waals surface area contributed by atoms with Gasteiger partial charge in [0.05, 0.1) is 17.4 Å². The molecule has 0 aliphatic rings. The van der Waals surface area contributed by atoms with Crippen molar-refractivity contribution in [3.63, 3.8) is 0 Å². The predicted octanol–water partition coefficient (Wildman–Crippen LogP) is 2.54. The lowest BCUT2D eigenvalue weighted by Gasteiger charge is -2.17.